The average molecular weight is 357 g/mol. The molecule has 2 N–H and O–H groups in total. The number of likely N-dealkylation sites (tertiary alicyclic amines) is 1. The number of amides is 2. The fraction of sp³-hybridized carbons (Fsp3) is 0.895. The minimum atomic E-state index is -0.410. The van der Waals surface area contributed by atoms with Crippen molar-refractivity contribution in [3.63, 3.8) is 0 Å². The first-order valence-corrected chi connectivity index (χ1v) is 9.75. The summed E-state index contributed by atoms with van der Waals surface area (Å²) in [7, 11) is 3.31. The standard InChI is InChI=1S/C19H36N2O4/c1-20-18(23)11-9-7-5-3-4-6-8-10-12-19(24)21-14-17(22)13-16(21)15-25-2/h16-17,22H,3-15H2,1-2H3,(H,20,23)/t16?,17-/m1/s1. The van der Waals surface area contributed by atoms with Gasteiger partial charge < -0.3 is 20.1 Å². The summed E-state index contributed by atoms with van der Waals surface area (Å²) in [6, 6.07) is 0.0299. The summed E-state index contributed by atoms with van der Waals surface area (Å²) in [4.78, 5) is 25.2. The molecule has 1 fully saturated rings. The van der Waals surface area contributed by atoms with Gasteiger partial charge in [-0.1, -0.05) is 38.5 Å². The van der Waals surface area contributed by atoms with Crippen molar-refractivity contribution in [2.75, 3.05) is 27.3 Å². The quantitative estimate of drug-likeness (QED) is 0.496. The molecular weight excluding hydrogens is 320 g/mol. The third-order valence-electron chi connectivity index (χ3n) is 4.90. The van der Waals surface area contributed by atoms with Gasteiger partial charge in [0.25, 0.3) is 0 Å². The van der Waals surface area contributed by atoms with Gasteiger partial charge in [-0.3, -0.25) is 9.59 Å². The Bertz CT molecular complexity index is 390. The summed E-state index contributed by atoms with van der Waals surface area (Å²) in [6.07, 6.45) is 10.2. The minimum Gasteiger partial charge on any atom is -0.391 e. The first-order chi connectivity index (χ1) is 12.1. The summed E-state index contributed by atoms with van der Waals surface area (Å²) in [5.41, 5.74) is 0. The predicted molar refractivity (Wildman–Crippen MR) is 98.2 cm³/mol. The Morgan fingerprint density at radius 1 is 1.04 bits per heavy atom. The van der Waals surface area contributed by atoms with E-state index in [9.17, 15) is 14.7 Å². The van der Waals surface area contributed by atoms with Gasteiger partial charge in [0.2, 0.25) is 11.8 Å². The highest BCUT2D eigenvalue weighted by Crippen LogP contribution is 2.20. The minimum absolute atomic E-state index is 0.0299. The molecule has 0 spiro atoms. The number of ether oxygens (including phenoxy) is 1. The summed E-state index contributed by atoms with van der Waals surface area (Å²) in [6.45, 7) is 0.950. The lowest BCUT2D eigenvalue weighted by Crippen LogP contribution is -2.38. The highest BCUT2D eigenvalue weighted by Gasteiger charge is 2.33. The van der Waals surface area contributed by atoms with Gasteiger partial charge in [-0.15, -0.1) is 0 Å². The van der Waals surface area contributed by atoms with Crippen LogP contribution in [0.3, 0.4) is 0 Å². The second-order valence-corrected chi connectivity index (χ2v) is 7.05. The molecule has 0 aliphatic carbocycles. The van der Waals surface area contributed by atoms with Crippen LogP contribution in [0, 0.1) is 0 Å². The zero-order valence-electron chi connectivity index (χ0n) is 16.0. The molecular formula is C19H36N2O4. The molecule has 2 amide bonds. The van der Waals surface area contributed by atoms with Crippen molar-refractivity contribution in [3.05, 3.63) is 0 Å². The number of unbranched alkanes of at least 4 members (excludes halogenated alkanes) is 7. The van der Waals surface area contributed by atoms with Crippen LogP contribution in [0.1, 0.15) is 70.6 Å². The molecule has 146 valence electrons. The van der Waals surface area contributed by atoms with Gasteiger partial charge in [0, 0.05) is 33.5 Å². The van der Waals surface area contributed by atoms with E-state index >= 15 is 0 Å². The van der Waals surface area contributed by atoms with Crippen LogP contribution >= 0.6 is 0 Å². The zero-order chi connectivity index (χ0) is 18.5. The first kappa shape index (κ1) is 21.9. The smallest absolute Gasteiger partial charge is 0.222 e. The summed E-state index contributed by atoms with van der Waals surface area (Å²) in [5, 5.41) is 12.4. The van der Waals surface area contributed by atoms with E-state index < -0.39 is 6.10 Å². The number of hydrogen-bond acceptors (Lipinski definition) is 4. The molecule has 1 aliphatic heterocycles. The number of carbonyl (C=O) groups excluding carboxylic acids is 2. The molecule has 1 rings (SSSR count). The van der Waals surface area contributed by atoms with E-state index in [0.29, 0.717) is 32.4 Å². The van der Waals surface area contributed by atoms with E-state index in [1.54, 1.807) is 19.1 Å². The highest BCUT2D eigenvalue weighted by atomic mass is 16.5. The number of rotatable bonds is 13. The predicted octanol–water partition coefficient (Wildman–Crippen LogP) is 2.24. The maximum Gasteiger partial charge on any atom is 0.222 e. The molecule has 1 aliphatic rings. The third kappa shape index (κ3) is 9.21. The molecule has 2 atom stereocenters. The number of aliphatic hydroxyl groups excluding tert-OH is 1. The third-order valence-corrected chi connectivity index (χ3v) is 4.90. The molecule has 0 bridgehead atoms. The van der Waals surface area contributed by atoms with E-state index in [0.717, 1.165) is 32.1 Å². The molecule has 6 nitrogen and oxygen atoms in total. The monoisotopic (exact) mass is 356 g/mol. The van der Waals surface area contributed by atoms with E-state index in [1.165, 1.54) is 19.3 Å². The highest BCUT2D eigenvalue weighted by molar-refractivity contribution is 5.77. The van der Waals surface area contributed by atoms with Crippen LogP contribution in [0.5, 0.6) is 0 Å². The number of β-amino-alcohol motifs (C(OH)–C–C–N with tert-alkyl or cyclic N) is 1. The van der Waals surface area contributed by atoms with Gasteiger partial charge in [-0.25, -0.2) is 0 Å². The van der Waals surface area contributed by atoms with E-state index in [2.05, 4.69) is 5.32 Å². The van der Waals surface area contributed by atoms with Crippen LogP contribution in [0.15, 0.2) is 0 Å². The molecule has 25 heavy (non-hydrogen) atoms. The van der Waals surface area contributed by atoms with Crippen LogP contribution < -0.4 is 5.32 Å². The Labute approximate surface area is 152 Å². The summed E-state index contributed by atoms with van der Waals surface area (Å²) in [5.74, 6) is 0.274. The average Bonchev–Trinajstić information content (AvgIpc) is 2.97. The van der Waals surface area contributed by atoms with Gasteiger partial charge in [0.05, 0.1) is 18.8 Å². The van der Waals surface area contributed by atoms with E-state index in [1.807, 2.05) is 0 Å². The van der Waals surface area contributed by atoms with Crippen molar-refractivity contribution in [1.29, 1.82) is 0 Å². The van der Waals surface area contributed by atoms with E-state index in [-0.39, 0.29) is 17.9 Å². The zero-order valence-corrected chi connectivity index (χ0v) is 16.0. The second-order valence-electron chi connectivity index (χ2n) is 7.05. The Kier molecular flexibility index (Phi) is 11.5. The lowest BCUT2D eigenvalue weighted by atomic mass is 10.1. The molecule has 1 unspecified atom stereocenters. The SMILES string of the molecule is CNC(=O)CCCCCCCCCCC(=O)N1C[C@H](O)CC1COC. The number of aliphatic hydroxyl groups is 1. The molecule has 0 aromatic rings. The van der Waals surface area contributed by atoms with Crippen molar-refractivity contribution >= 4 is 11.8 Å². The van der Waals surface area contributed by atoms with Crippen molar-refractivity contribution in [2.24, 2.45) is 0 Å². The molecule has 0 radical (unpaired) electrons. The van der Waals surface area contributed by atoms with Crippen LogP contribution in [0.25, 0.3) is 0 Å². The number of hydrogen-bond donors (Lipinski definition) is 2. The molecule has 0 aromatic heterocycles. The van der Waals surface area contributed by atoms with E-state index in [4.69, 9.17) is 4.74 Å². The molecule has 6 heteroatoms. The largest absolute Gasteiger partial charge is 0.391 e. The lowest BCUT2D eigenvalue weighted by Gasteiger charge is -2.23. The number of carbonyl (C=O) groups is 2. The fourth-order valence-electron chi connectivity index (χ4n) is 3.44. The van der Waals surface area contributed by atoms with Gasteiger partial charge in [-0.2, -0.15) is 0 Å². The summed E-state index contributed by atoms with van der Waals surface area (Å²) >= 11 is 0. The second kappa shape index (κ2) is 13.1. The Balaban J connectivity index is 1.98. The number of nitrogens with zero attached hydrogens (tertiary/aromatic N) is 1. The Morgan fingerprint density at radius 3 is 2.16 bits per heavy atom. The Morgan fingerprint density at radius 2 is 1.60 bits per heavy atom. The maximum absolute atomic E-state index is 12.3. The van der Waals surface area contributed by atoms with Gasteiger partial charge in [0.1, 0.15) is 0 Å². The van der Waals surface area contributed by atoms with Crippen molar-refractivity contribution < 1.29 is 19.4 Å². The maximum atomic E-state index is 12.3. The molecule has 0 aromatic carbocycles. The van der Waals surface area contributed by atoms with Crippen molar-refractivity contribution in [1.82, 2.24) is 10.2 Å². The normalized spacial score (nSPS) is 20.0. The van der Waals surface area contributed by atoms with Crippen molar-refractivity contribution in [3.8, 4) is 0 Å². The molecule has 1 saturated heterocycles. The van der Waals surface area contributed by atoms with Crippen LogP contribution in [-0.4, -0.2) is 61.3 Å². The van der Waals surface area contributed by atoms with Gasteiger partial charge in [0.15, 0.2) is 0 Å². The first-order valence-electron chi connectivity index (χ1n) is 9.75. The molecule has 0 saturated carbocycles. The number of methoxy groups -OCH3 is 1. The lowest BCUT2D eigenvalue weighted by molar-refractivity contribution is -0.133. The summed E-state index contributed by atoms with van der Waals surface area (Å²) < 4.78 is 5.14. The van der Waals surface area contributed by atoms with Crippen LogP contribution in [-0.2, 0) is 14.3 Å². The van der Waals surface area contributed by atoms with Gasteiger partial charge >= 0.3 is 0 Å². The molecule has 1 heterocycles. The van der Waals surface area contributed by atoms with Crippen LogP contribution in [0.2, 0.25) is 0 Å². The topological polar surface area (TPSA) is 78.9 Å². The van der Waals surface area contributed by atoms with Gasteiger partial charge in [-0.05, 0) is 19.3 Å². The fourth-order valence-corrected chi connectivity index (χ4v) is 3.44. The Hall–Kier alpha value is -1.14. The number of nitrogens with one attached hydrogen (secondary N) is 1. The van der Waals surface area contributed by atoms with Crippen molar-refractivity contribution in [2.45, 2.75) is 82.8 Å². The van der Waals surface area contributed by atoms with Crippen LogP contribution in [0.4, 0.5) is 0 Å².